The Morgan fingerprint density at radius 3 is 2.83 bits per heavy atom. The number of nitrogens with one attached hydrogen (secondary N) is 2. The number of carbonyl (C=O) groups excluding carboxylic acids is 1. The smallest absolute Gasteiger partial charge is 0.229 e. The Morgan fingerprint density at radius 1 is 1.02 bits per heavy atom. The maximum atomic E-state index is 12.9. The first-order chi connectivity index (χ1) is 20.1. The van der Waals surface area contributed by atoms with Crippen molar-refractivity contribution in [2.75, 3.05) is 41.7 Å². The van der Waals surface area contributed by atoms with Gasteiger partial charge < -0.3 is 19.9 Å². The lowest BCUT2D eigenvalue weighted by atomic mass is 10.1. The maximum absolute atomic E-state index is 12.9. The van der Waals surface area contributed by atoms with Crippen molar-refractivity contribution in [1.82, 2.24) is 19.3 Å². The average Bonchev–Trinajstić information content (AvgIpc) is 3.90. The molecular formula is C32H34ClN7O. The highest BCUT2D eigenvalue weighted by Crippen LogP contribution is 2.48. The molecule has 1 aromatic carbocycles. The predicted molar refractivity (Wildman–Crippen MR) is 162 cm³/mol. The van der Waals surface area contributed by atoms with Crippen LogP contribution in [0.4, 0.5) is 17.2 Å². The van der Waals surface area contributed by atoms with E-state index in [1.165, 1.54) is 37.1 Å². The van der Waals surface area contributed by atoms with Gasteiger partial charge in [0.25, 0.3) is 0 Å². The van der Waals surface area contributed by atoms with Gasteiger partial charge in [0.2, 0.25) is 5.91 Å². The number of anilines is 3. The zero-order chi connectivity index (χ0) is 27.5. The lowest BCUT2D eigenvalue weighted by molar-refractivity contribution is -0.117. The van der Waals surface area contributed by atoms with E-state index in [1.54, 1.807) is 6.20 Å². The van der Waals surface area contributed by atoms with Crippen LogP contribution in [0.2, 0.25) is 5.02 Å². The topological polar surface area (TPSA) is 77.8 Å². The van der Waals surface area contributed by atoms with Crippen molar-refractivity contribution in [2.24, 2.45) is 5.92 Å². The van der Waals surface area contributed by atoms with E-state index in [4.69, 9.17) is 16.6 Å². The minimum Gasteiger partial charge on any atom is -0.379 e. The summed E-state index contributed by atoms with van der Waals surface area (Å²) in [6.45, 7) is 5.17. The van der Waals surface area contributed by atoms with Gasteiger partial charge in [-0.1, -0.05) is 23.7 Å². The fraction of sp³-hybridized carbons (Fsp3) is 0.406. The fourth-order valence-corrected chi connectivity index (χ4v) is 6.92. The Hall–Kier alpha value is -3.62. The predicted octanol–water partition coefficient (Wildman–Crippen LogP) is 5.51. The molecule has 8 rings (SSSR count). The third-order valence-corrected chi connectivity index (χ3v) is 9.43. The fourth-order valence-electron chi connectivity index (χ4n) is 6.72. The van der Waals surface area contributed by atoms with E-state index in [-0.39, 0.29) is 17.7 Å². The van der Waals surface area contributed by atoms with Crippen LogP contribution in [0.15, 0.2) is 61.1 Å². The molecule has 2 N–H and O–H groups in total. The molecule has 3 aromatic heterocycles. The second-order valence-corrected chi connectivity index (χ2v) is 12.5. The number of fused-ring (bicyclic) bond motifs is 3. The van der Waals surface area contributed by atoms with Crippen molar-refractivity contribution < 1.29 is 4.79 Å². The molecule has 4 aromatic rings. The number of carbonyl (C=O) groups is 1. The summed E-state index contributed by atoms with van der Waals surface area (Å²) in [5.74, 6) is 1.41. The summed E-state index contributed by atoms with van der Waals surface area (Å²) in [6.07, 6.45) is 10.8. The van der Waals surface area contributed by atoms with Crippen LogP contribution >= 0.6 is 11.6 Å². The Morgan fingerprint density at radius 2 is 1.95 bits per heavy atom. The summed E-state index contributed by atoms with van der Waals surface area (Å²) in [5, 5.41) is 7.21. The van der Waals surface area contributed by atoms with Crippen LogP contribution in [0, 0.1) is 5.92 Å². The summed E-state index contributed by atoms with van der Waals surface area (Å²) in [5.41, 5.74) is 6.79. The van der Waals surface area contributed by atoms with Crippen LogP contribution in [0.5, 0.6) is 0 Å². The summed E-state index contributed by atoms with van der Waals surface area (Å²) >= 11 is 6.14. The second kappa shape index (κ2) is 10.0. The highest BCUT2D eigenvalue weighted by molar-refractivity contribution is 6.30. The van der Waals surface area contributed by atoms with Crippen molar-refractivity contribution in [2.45, 2.75) is 50.1 Å². The SMILES string of the molecule is O=C(Nc1cc(NCc2cn3cc(C4CC4)cc(N4CCN5CCC4C5)c3n2)ccn1)[C@H]1C[C@@H]1c1cccc(Cl)c1. The van der Waals surface area contributed by atoms with Gasteiger partial charge in [-0.3, -0.25) is 9.69 Å². The summed E-state index contributed by atoms with van der Waals surface area (Å²) in [6, 6.07) is 14.6. The molecule has 2 unspecified atom stereocenters. The van der Waals surface area contributed by atoms with Crippen LogP contribution in [-0.2, 0) is 11.3 Å². The molecule has 9 heteroatoms. The van der Waals surface area contributed by atoms with Gasteiger partial charge in [0.15, 0.2) is 5.65 Å². The number of piperazine rings is 1. The Bertz CT molecular complexity index is 1630. The number of pyridine rings is 2. The molecule has 2 bridgehead atoms. The van der Waals surface area contributed by atoms with E-state index in [0.29, 0.717) is 29.3 Å². The number of amides is 1. The van der Waals surface area contributed by atoms with Gasteiger partial charge in [-0.05, 0) is 72.9 Å². The molecule has 0 radical (unpaired) electrons. The van der Waals surface area contributed by atoms with Gasteiger partial charge in [0.05, 0.1) is 17.9 Å². The molecule has 0 spiro atoms. The molecule has 2 saturated carbocycles. The van der Waals surface area contributed by atoms with Gasteiger partial charge in [-0.2, -0.15) is 0 Å². The monoisotopic (exact) mass is 567 g/mol. The van der Waals surface area contributed by atoms with E-state index >= 15 is 0 Å². The Kier molecular flexibility index (Phi) is 6.15. The first-order valence-corrected chi connectivity index (χ1v) is 15.2. The van der Waals surface area contributed by atoms with Crippen LogP contribution in [-0.4, -0.2) is 57.4 Å². The van der Waals surface area contributed by atoms with Gasteiger partial charge in [0.1, 0.15) is 5.82 Å². The number of hydrogen-bond acceptors (Lipinski definition) is 6. The quantitative estimate of drug-likeness (QED) is 0.292. The van der Waals surface area contributed by atoms with Crippen molar-refractivity contribution >= 4 is 40.3 Å². The third kappa shape index (κ3) is 5.04. The normalized spacial score (nSPS) is 25.0. The molecule has 2 aliphatic carbocycles. The van der Waals surface area contributed by atoms with Gasteiger partial charge in [-0.15, -0.1) is 0 Å². The maximum Gasteiger partial charge on any atom is 0.229 e. The largest absolute Gasteiger partial charge is 0.379 e. The summed E-state index contributed by atoms with van der Waals surface area (Å²) < 4.78 is 2.24. The van der Waals surface area contributed by atoms with E-state index in [9.17, 15) is 4.79 Å². The molecule has 5 heterocycles. The molecule has 2 aliphatic heterocycles. The molecule has 41 heavy (non-hydrogen) atoms. The van der Waals surface area contributed by atoms with E-state index in [0.717, 1.165) is 48.6 Å². The van der Waals surface area contributed by atoms with E-state index in [2.05, 4.69) is 48.3 Å². The summed E-state index contributed by atoms with van der Waals surface area (Å²) in [7, 11) is 0. The van der Waals surface area contributed by atoms with Crippen LogP contribution < -0.4 is 15.5 Å². The number of rotatable bonds is 8. The summed E-state index contributed by atoms with van der Waals surface area (Å²) in [4.78, 5) is 27.6. The molecule has 1 amide bonds. The lowest BCUT2D eigenvalue weighted by Crippen LogP contribution is -2.47. The van der Waals surface area contributed by atoms with Gasteiger partial charge in [0, 0.05) is 73.5 Å². The zero-order valence-corrected chi connectivity index (χ0v) is 23.7. The van der Waals surface area contributed by atoms with Crippen molar-refractivity contribution in [3.8, 4) is 0 Å². The molecule has 2 saturated heterocycles. The van der Waals surface area contributed by atoms with Crippen LogP contribution in [0.1, 0.15) is 54.3 Å². The molecular weight excluding hydrogens is 534 g/mol. The lowest BCUT2D eigenvalue weighted by Gasteiger charge is -2.36. The molecule has 210 valence electrons. The number of hydrogen-bond donors (Lipinski definition) is 2. The van der Waals surface area contributed by atoms with Crippen molar-refractivity contribution in [3.05, 3.63) is 82.9 Å². The minimum absolute atomic E-state index is 0.00192. The van der Waals surface area contributed by atoms with E-state index in [1.807, 2.05) is 36.4 Å². The number of benzene rings is 1. The molecule has 4 aliphatic rings. The Labute approximate surface area is 244 Å². The first kappa shape index (κ1) is 25.1. The standard InChI is InChI=1S/C32H34ClN7O/c33-23-3-1-2-21(12-23)27-15-28(27)32(41)37-30-14-24(6-8-34-30)35-16-25-18-39-17-22(20-4-5-20)13-29(31(39)36-25)40-11-10-38-9-7-26(40)19-38/h1-3,6,8,12-14,17-18,20,26-28H,4-5,7,9-11,15-16,19H2,(H2,34,35,37,41)/t26?,27-,28+/m1/s1. The second-order valence-electron chi connectivity index (χ2n) is 12.1. The average molecular weight is 568 g/mol. The highest BCUT2D eigenvalue weighted by atomic mass is 35.5. The number of halogens is 1. The first-order valence-electron chi connectivity index (χ1n) is 14.8. The highest BCUT2D eigenvalue weighted by Gasteiger charge is 2.44. The molecule has 4 fully saturated rings. The van der Waals surface area contributed by atoms with Crippen LogP contribution in [0.25, 0.3) is 5.65 Å². The Balaban J connectivity index is 0.963. The molecule has 4 atom stereocenters. The molecule has 8 nitrogen and oxygen atoms in total. The number of aromatic nitrogens is 3. The number of nitrogens with zero attached hydrogens (tertiary/aromatic N) is 5. The van der Waals surface area contributed by atoms with E-state index < -0.39 is 0 Å². The van der Waals surface area contributed by atoms with Gasteiger partial charge in [-0.25, -0.2) is 9.97 Å². The van der Waals surface area contributed by atoms with Crippen LogP contribution in [0.3, 0.4) is 0 Å². The number of imidazole rings is 1. The van der Waals surface area contributed by atoms with Crippen molar-refractivity contribution in [3.63, 3.8) is 0 Å². The zero-order valence-electron chi connectivity index (χ0n) is 23.0. The minimum atomic E-state index is -0.0493. The van der Waals surface area contributed by atoms with Crippen molar-refractivity contribution in [1.29, 1.82) is 0 Å². The van der Waals surface area contributed by atoms with Gasteiger partial charge >= 0.3 is 0 Å². The third-order valence-electron chi connectivity index (χ3n) is 9.20.